The second kappa shape index (κ2) is 5.21. The maximum absolute atomic E-state index is 12.2. The molecule has 3 rings (SSSR count). The molecular weight excluding hydrogens is 288 g/mol. The number of phenols is 1. The Bertz CT molecular complexity index is 867. The summed E-state index contributed by atoms with van der Waals surface area (Å²) < 4.78 is 5.08. The van der Waals surface area contributed by atoms with Crippen molar-refractivity contribution in [3.63, 3.8) is 0 Å². The van der Waals surface area contributed by atoms with E-state index in [0.717, 1.165) is 16.1 Å². The van der Waals surface area contributed by atoms with Crippen LogP contribution in [0.3, 0.4) is 0 Å². The highest BCUT2D eigenvalue weighted by Gasteiger charge is 2.11. The number of aromatic nitrogens is 2. The molecule has 0 bridgehead atoms. The maximum Gasteiger partial charge on any atom is 0.259 e. The number of thiophene rings is 1. The van der Waals surface area contributed by atoms with Gasteiger partial charge in [0.15, 0.2) is 11.5 Å². The average molecular weight is 302 g/mol. The van der Waals surface area contributed by atoms with E-state index in [-0.39, 0.29) is 11.3 Å². The highest BCUT2D eigenvalue weighted by atomic mass is 32.1. The third-order valence-corrected chi connectivity index (χ3v) is 4.43. The summed E-state index contributed by atoms with van der Waals surface area (Å²) >= 11 is 1.52. The predicted molar refractivity (Wildman–Crippen MR) is 83.3 cm³/mol. The molecule has 0 atom stereocenters. The minimum Gasteiger partial charge on any atom is -0.504 e. The normalized spacial score (nSPS) is 11.0. The first kappa shape index (κ1) is 13.6. The number of phenolic OH excluding ortho intramolecular Hbond substituents is 1. The van der Waals surface area contributed by atoms with E-state index in [9.17, 15) is 9.90 Å². The van der Waals surface area contributed by atoms with Gasteiger partial charge in [-0.1, -0.05) is 6.92 Å². The van der Waals surface area contributed by atoms with E-state index in [1.807, 2.05) is 13.0 Å². The van der Waals surface area contributed by atoms with E-state index in [0.29, 0.717) is 22.5 Å². The van der Waals surface area contributed by atoms with Gasteiger partial charge < -0.3 is 14.8 Å². The molecule has 0 saturated carbocycles. The number of methoxy groups -OCH3 is 1. The minimum absolute atomic E-state index is 0.0501. The van der Waals surface area contributed by atoms with Crippen molar-refractivity contribution in [2.45, 2.75) is 13.3 Å². The van der Waals surface area contributed by atoms with Crippen LogP contribution in [0.25, 0.3) is 21.6 Å². The zero-order valence-electron chi connectivity index (χ0n) is 11.6. The number of aromatic amines is 1. The molecule has 0 amide bonds. The fourth-order valence-corrected chi connectivity index (χ4v) is 3.09. The van der Waals surface area contributed by atoms with Gasteiger partial charge in [0.1, 0.15) is 10.7 Å². The van der Waals surface area contributed by atoms with Gasteiger partial charge in [0, 0.05) is 10.4 Å². The smallest absolute Gasteiger partial charge is 0.259 e. The summed E-state index contributed by atoms with van der Waals surface area (Å²) in [4.78, 5) is 21.3. The Morgan fingerprint density at radius 3 is 2.90 bits per heavy atom. The largest absolute Gasteiger partial charge is 0.504 e. The molecule has 0 aliphatic heterocycles. The fraction of sp³-hybridized carbons (Fsp3) is 0.200. The monoisotopic (exact) mass is 302 g/mol. The number of fused-ring (bicyclic) bond motifs is 1. The topological polar surface area (TPSA) is 75.2 Å². The lowest BCUT2D eigenvalue weighted by atomic mass is 10.2. The number of H-pyrrole nitrogens is 1. The summed E-state index contributed by atoms with van der Waals surface area (Å²) in [5.41, 5.74) is 0.535. The third-order valence-electron chi connectivity index (χ3n) is 3.26. The first-order valence-corrected chi connectivity index (χ1v) is 7.34. The van der Waals surface area contributed by atoms with E-state index in [4.69, 9.17) is 4.74 Å². The van der Waals surface area contributed by atoms with Crippen LogP contribution in [-0.2, 0) is 6.42 Å². The first-order valence-electron chi connectivity index (χ1n) is 6.52. The highest BCUT2D eigenvalue weighted by Crippen LogP contribution is 2.30. The van der Waals surface area contributed by atoms with Crippen LogP contribution in [0, 0.1) is 0 Å². The Morgan fingerprint density at radius 2 is 2.19 bits per heavy atom. The first-order chi connectivity index (χ1) is 10.1. The van der Waals surface area contributed by atoms with Crippen molar-refractivity contribution in [3.05, 3.63) is 39.5 Å². The number of nitrogens with one attached hydrogen (secondary N) is 1. The number of nitrogens with zero attached hydrogens (tertiary/aromatic N) is 1. The lowest BCUT2D eigenvalue weighted by Crippen LogP contribution is -2.07. The molecule has 0 unspecified atom stereocenters. The number of aryl methyl sites for hydroxylation is 1. The van der Waals surface area contributed by atoms with E-state index < -0.39 is 0 Å². The zero-order chi connectivity index (χ0) is 15.0. The molecule has 5 nitrogen and oxygen atoms in total. The molecular formula is C15H14N2O3S. The summed E-state index contributed by atoms with van der Waals surface area (Å²) in [7, 11) is 1.48. The highest BCUT2D eigenvalue weighted by molar-refractivity contribution is 7.18. The van der Waals surface area contributed by atoms with Gasteiger partial charge in [-0.05, 0) is 30.7 Å². The van der Waals surface area contributed by atoms with Crippen LogP contribution in [-0.4, -0.2) is 22.2 Å². The van der Waals surface area contributed by atoms with Crippen molar-refractivity contribution < 1.29 is 9.84 Å². The van der Waals surface area contributed by atoms with Crippen molar-refractivity contribution in [3.8, 4) is 22.9 Å². The Hall–Kier alpha value is -2.34. The molecule has 0 aliphatic carbocycles. The van der Waals surface area contributed by atoms with Gasteiger partial charge in [-0.15, -0.1) is 11.3 Å². The molecule has 108 valence electrons. The van der Waals surface area contributed by atoms with Gasteiger partial charge in [-0.25, -0.2) is 4.98 Å². The van der Waals surface area contributed by atoms with Crippen LogP contribution in [0.5, 0.6) is 11.5 Å². The van der Waals surface area contributed by atoms with Crippen LogP contribution in [0.1, 0.15) is 11.8 Å². The van der Waals surface area contributed by atoms with E-state index in [1.54, 1.807) is 12.1 Å². The van der Waals surface area contributed by atoms with E-state index in [1.165, 1.54) is 24.5 Å². The van der Waals surface area contributed by atoms with Crippen molar-refractivity contribution in [1.82, 2.24) is 9.97 Å². The quantitative estimate of drug-likeness (QED) is 0.780. The molecule has 2 N–H and O–H groups in total. The summed E-state index contributed by atoms with van der Waals surface area (Å²) in [5.74, 6) is 0.861. The van der Waals surface area contributed by atoms with Crippen molar-refractivity contribution in [2.24, 2.45) is 0 Å². The molecule has 0 fully saturated rings. The van der Waals surface area contributed by atoms with Crippen LogP contribution in [0.2, 0.25) is 0 Å². The molecule has 0 spiro atoms. The van der Waals surface area contributed by atoms with Gasteiger partial charge in [0.2, 0.25) is 0 Å². The standard InChI is InChI=1S/C15H14N2O3S/c1-3-9-7-10-14(19)16-13(17-15(10)21-9)8-4-5-11(18)12(6-8)20-2/h4-7,18H,3H2,1-2H3,(H,16,17,19). The molecule has 0 radical (unpaired) electrons. The van der Waals surface area contributed by atoms with Crippen LogP contribution in [0.4, 0.5) is 0 Å². The summed E-state index contributed by atoms with van der Waals surface area (Å²) in [6.07, 6.45) is 0.878. The number of rotatable bonds is 3. The molecule has 1 aromatic carbocycles. The lowest BCUT2D eigenvalue weighted by Gasteiger charge is -2.06. The number of ether oxygens (including phenoxy) is 1. The fourth-order valence-electron chi connectivity index (χ4n) is 2.12. The van der Waals surface area contributed by atoms with E-state index >= 15 is 0 Å². The Morgan fingerprint density at radius 1 is 1.38 bits per heavy atom. The lowest BCUT2D eigenvalue weighted by molar-refractivity contribution is 0.373. The molecule has 2 aromatic heterocycles. The molecule has 2 heterocycles. The van der Waals surface area contributed by atoms with E-state index in [2.05, 4.69) is 9.97 Å². The third kappa shape index (κ3) is 2.38. The molecule has 3 aromatic rings. The van der Waals surface area contributed by atoms with Crippen LogP contribution < -0.4 is 10.3 Å². The van der Waals surface area contributed by atoms with Gasteiger partial charge in [-0.2, -0.15) is 0 Å². The van der Waals surface area contributed by atoms with Gasteiger partial charge in [0.25, 0.3) is 5.56 Å². The SMILES string of the molecule is CCc1cc2c(=O)[nH]c(-c3ccc(O)c(OC)c3)nc2s1. The van der Waals surface area contributed by atoms with Gasteiger partial charge in [0.05, 0.1) is 12.5 Å². The van der Waals surface area contributed by atoms with Crippen molar-refractivity contribution in [1.29, 1.82) is 0 Å². The van der Waals surface area contributed by atoms with Crippen LogP contribution in [0.15, 0.2) is 29.1 Å². The second-order valence-electron chi connectivity index (χ2n) is 4.59. The Kier molecular flexibility index (Phi) is 3.39. The molecule has 0 saturated heterocycles. The summed E-state index contributed by atoms with van der Waals surface area (Å²) in [5, 5.41) is 10.2. The molecule has 6 heteroatoms. The maximum atomic E-state index is 12.2. The molecule has 21 heavy (non-hydrogen) atoms. The van der Waals surface area contributed by atoms with Crippen molar-refractivity contribution in [2.75, 3.05) is 7.11 Å². The second-order valence-corrected chi connectivity index (χ2v) is 5.70. The zero-order valence-corrected chi connectivity index (χ0v) is 12.5. The predicted octanol–water partition coefficient (Wildman–Crippen LogP) is 2.93. The van der Waals surface area contributed by atoms with Crippen LogP contribution >= 0.6 is 11.3 Å². The molecule has 0 aliphatic rings. The summed E-state index contributed by atoms with van der Waals surface area (Å²) in [6.45, 7) is 2.05. The van der Waals surface area contributed by atoms with Gasteiger partial charge in [-0.3, -0.25) is 4.79 Å². The number of hydrogen-bond acceptors (Lipinski definition) is 5. The van der Waals surface area contributed by atoms with Crippen molar-refractivity contribution >= 4 is 21.6 Å². The van der Waals surface area contributed by atoms with Gasteiger partial charge >= 0.3 is 0 Å². The number of hydrogen-bond donors (Lipinski definition) is 2. The number of benzene rings is 1. The average Bonchev–Trinajstić information content (AvgIpc) is 2.91. The number of aromatic hydroxyl groups is 1. The summed E-state index contributed by atoms with van der Waals surface area (Å²) in [6, 6.07) is 6.74. The Balaban J connectivity index is 2.18. The Labute approximate surface area is 124 Å². The minimum atomic E-state index is -0.155.